The number of hydrogen-bond donors (Lipinski definition) is 1. The van der Waals surface area contributed by atoms with E-state index in [-0.39, 0.29) is 6.61 Å². The van der Waals surface area contributed by atoms with Crippen molar-refractivity contribution in [3.8, 4) is 0 Å². The predicted molar refractivity (Wildman–Crippen MR) is 32.2 cm³/mol. The Hall–Kier alpha value is 0.340. The first kappa shape index (κ1) is 8.34. The van der Waals surface area contributed by atoms with Crippen LogP contribution in [0.15, 0.2) is 12.7 Å². The van der Waals surface area contributed by atoms with Crippen molar-refractivity contribution in [1.29, 1.82) is 0 Å². The third-order valence-electron chi connectivity index (χ3n) is 0.362. The molecule has 0 aromatic rings. The van der Waals surface area contributed by atoms with E-state index in [1.807, 2.05) is 0 Å². The van der Waals surface area contributed by atoms with Crippen molar-refractivity contribution in [1.82, 2.24) is 0 Å². The van der Waals surface area contributed by atoms with Crippen molar-refractivity contribution in [2.45, 2.75) is 0 Å². The van der Waals surface area contributed by atoms with E-state index in [9.17, 15) is 0 Å². The molecule has 0 bridgehead atoms. The molecule has 1 unspecified atom stereocenters. The average Bonchev–Trinajstić information content (AvgIpc) is 1.83. The van der Waals surface area contributed by atoms with Gasteiger partial charge in [0.15, 0.2) is 0 Å². The fourth-order valence-corrected chi connectivity index (χ4v) is 0.529. The molecule has 0 amide bonds. The van der Waals surface area contributed by atoms with Gasteiger partial charge >= 0.3 is 8.60 Å². The van der Waals surface area contributed by atoms with E-state index >= 15 is 0 Å². The molecule has 48 valence electrons. The molecule has 0 aromatic heterocycles. The van der Waals surface area contributed by atoms with E-state index in [0.29, 0.717) is 0 Å². The summed E-state index contributed by atoms with van der Waals surface area (Å²) in [6.45, 7) is 3.59. The van der Waals surface area contributed by atoms with Gasteiger partial charge in [-0.05, 0) is 0 Å². The summed E-state index contributed by atoms with van der Waals surface area (Å²) in [5.74, 6) is 0. The van der Waals surface area contributed by atoms with Crippen molar-refractivity contribution in [2.24, 2.45) is 0 Å². The summed E-state index contributed by atoms with van der Waals surface area (Å²) < 4.78 is 8.36. The van der Waals surface area contributed by atoms with Crippen molar-refractivity contribution >= 4 is 20.5 Å². The Morgan fingerprint density at radius 2 is 2.50 bits per heavy atom. The maximum Gasteiger partial charge on any atom is 0.348 e. The van der Waals surface area contributed by atoms with Crippen molar-refractivity contribution < 1.29 is 13.5 Å². The third kappa shape index (κ3) is 4.50. The first-order chi connectivity index (χ1) is 3.81. The fourth-order valence-electron chi connectivity index (χ4n) is 0.136. The predicted octanol–water partition coefficient (Wildman–Crippen LogP) is 1.58. The quantitative estimate of drug-likeness (QED) is 0.496. The summed E-state index contributed by atoms with van der Waals surface area (Å²) in [4.78, 5) is 8.43. The van der Waals surface area contributed by atoms with Gasteiger partial charge in [0.25, 0.3) is 0 Å². The lowest BCUT2D eigenvalue weighted by Gasteiger charge is -2.00. The number of rotatable bonds is 4. The molecule has 8 heavy (non-hydrogen) atoms. The van der Waals surface area contributed by atoms with Gasteiger partial charge in [-0.2, -0.15) is 4.08 Å². The van der Waals surface area contributed by atoms with Crippen LogP contribution in [0.4, 0.5) is 0 Å². The summed E-state index contributed by atoms with van der Waals surface area (Å²) in [5.41, 5.74) is 0. The average molecular weight is 157 g/mol. The minimum atomic E-state index is -1.89. The molecule has 0 heterocycles. The molecule has 0 saturated heterocycles. The SMILES string of the molecule is C=CCOP(O)OCl. The Balaban J connectivity index is 2.97. The largest absolute Gasteiger partial charge is 0.348 e. The van der Waals surface area contributed by atoms with Gasteiger partial charge in [0.05, 0.1) is 18.5 Å². The molecule has 0 rings (SSSR count). The number of halogens is 1. The Kier molecular flexibility index (Phi) is 5.71. The van der Waals surface area contributed by atoms with Gasteiger partial charge in [0.1, 0.15) is 0 Å². The maximum absolute atomic E-state index is 8.43. The van der Waals surface area contributed by atoms with Crippen LogP contribution in [0.1, 0.15) is 0 Å². The van der Waals surface area contributed by atoms with Gasteiger partial charge in [-0.25, -0.2) is 0 Å². The zero-order valence-electron chi connectivity index (χ0n) is 4.08. The monoisotopic (exact) mass is 156 g/mol. The van der Waals surface area contributed by atoms with Gasteiger partial charge in [0.2, 0.25) is 0 Å². The zero-order valence-corrected chi connectivity index (χ0v) is 5.73. The standard InChI is InChI=1S/C3H6ClO3P/c1-2-3-6-8(5)7-4/h2,5H,1,3H2. The summed E-state index contributed by atoms with van der Waals surface area (Å²) in [6, 6.07) is 0. The van der Waals surface area contributed by atoms with Crippen LogP contribution in [0.2, 0.25) is 0 Å². The van der Waals surface area contributed by atoms with Gasteiger partial charge in [-0.15, -0.1) is 6.58 Å². The second kappa shape index (κ2) is 5.48. The second-order valence-corrected chi connectivity index (χ2v) is 2.18. The van der Waals surface area contributed by atoms with Crippen LogP contribution in [-0.4, -0.2) is 11.5 Å². The minimum absolute atomic E-state index is 0.245. The van der Waals surface area contributed by atoms with Gasteiger partial charge in [-0.3, -0.25) is 0 Å². The van der Waals surface area contributed by atoms with E-state index in [4.69, 9.17) is 16.8 Å². The van der Waals surface area contributed by atoms with Crippen LogP contribution < -0.4 is 0 Å². The normalized spacial score (nSPS) is 13.2. The molecular formula is C3H6ClO3P. The lowest BCUT2D eigenvalue weighted by Crippen LogP contribution is -1.82. The first-order valence-electron chi connectivity index (χ1n) is 1.82. The molecule has 0 aliphatic rings. The lowest BCUT2D eigenvalue weighted by atomic mass is 10.7. The molecular weight excluding hydrogens is 150 g/mol. The van der Waals surface area contributed by atoms with Gasteiger partial charge in [-0.1, -0.05) is 6.08 Å². The molecule has 0 aromatic carbocycles. The number of hydrogen-bond acceptors (Lipinski definition) is 3. The molecule has 0 aliphatic heterocycles. The van der Waals surface area contributed by atoms with Crippen LogP contribution in [-0.2, 0) is 8.60 Å². The second-order valence-electron chi connectivity index (χ2n) is 0.891. The molecule has 0 radical (unpaired) electrons. The van der Waals surface area contributed by atoms with Crippen molar-refractivity contribution in [3.63, 3.8) is 0 Å². The van der Waals surface area contributed by atoms with E-state index in [2.05, 4.69) is 15.2 Å². The highest BCUT2D eigenvalue weighted by Gasteiger charge is 2.00. The molecule has 0 aliphatic carbocycles. The summed E-state index contributed by atoms with van der Waals surface area (Å²) in [5, 5.41) is 0. The minimum Gasteiger partial charge on any atom is -0.327 e. The van der Waals surface area contributed by atoms with Crippen LogP contribution in [0.3, 0.4) is 0 Å². The van der Waals surface area contributed by atoms with E-state index in [0.717, 1.165) is 0 Å². The molecule has 0 spiro atoms. The van der Waals surface area contributed by atoms with Gasteiger partial charge < -0.3 is 9.42 Å². The van der Waals surface area contributed by atoms with Crippen LogP contribution >= 0.6 is 20.5 Å². The Morgan fingerprint density at radius 1 is 1.88 bits per heavy atom. The maximum atomic E-state index is 8.43. The topological polar surface area (TPSA) is 38.7 Å². The van der Waals surface area contributed by atoms with Crippen molar-refractivity contribution in [3.05, 3.63) is 12.7 Å². The van der Waals surface area contributed by atoms with Crippen LogP contribution in [0, 0.1) is 0 Å². The fraction of sp³-hybridized carbons (Fsp3) is 0.333. The van der Waals surface area contributed by atoms with Crippen molar-refractivity contribution in [2.75, 3.05) is 6.61 Å². The Labute approximate surface area is 54.0 Å². The zero-order chi connectivity index (χ0) is 6.41. The van der Waals surface area contributed by atoms with E-state index < -0.39 is 8.60 Å². The highest BCUT2D eigenvalue weighted by molar-refractivity contribution is 7.41. The summed E-state index contributed by atoms with van der Waals surface area (Å²) >= 11 is 4.71. The highest BCUT2D eigenvalue weighted by atomic mass is 35.5. The molecule has 5 heteroatoms. The molecule has 0 saturated carbocycles. The van der Waals surface area contributed by atoms with Crippen LogP contribution in [0.25, 0.3) is 0 Å². The first-order valence-corrected chi connectivity index (χ1v) is 3.26. The smallest absolute Gasteiger partial charge is 0.327 e. The molecule has 0 fully saturated rings. The Morgan fingerprint density at radius 3 is 2.88 bits per heavy atom. The molecule has 3 nitrogen and oxygen atoms in total. The van der Waals surface area contributed by atoms with Crippen LogP contribution in [0.5, 0.6) is 0 Å². The lowest BCUT2D eigenvalue weighted by molar-refractivity contribution is 0.295. The van der Waals surface area contributed by atoms with Gasteiger partial charge in [0, 0.05) is 0 Å². The summed E-state index contributed by atoms with van der Waals surface area (Å²) in [6.07, 6.45) is 1.49. The third-order valence-corrected chi connectivity index (χ3v) is 1.20. The van der Waals surface area contributed by atoms with E-state index in [1.54, 1.807) is 0 Å². The molecule has 1 N–H and O–H groups in total. The van der Waals surface area contributed by atoms with E-state index in [1.165, 1.54) is 6.08 Å². The molecule has 1 atom stereocenters. The Bertz CT molecular complexity index is 69.5. The highest BCUT2D eigenvalue weighted by Crippen LogP contribution is 2.33. The summed E-state index contributed by atoms with van der Waals surface area (Å²) in [7, 11) is -1.89.